The van der Waals surface area contributed by atoms with Crippen LogP contribution in [0, 0.1) is 0 Å². The normalized spacial score (nSPS) is 14.8. The van der Waals surface area contributed by atoms with Crippen molar-refractivity contribution in [1.29, 1.82) is 0 Å². The number of allylic oxidation sites excluding steroid dienone is 9. The molecule has 0 bridgehead atoms. The van der Waals surface area contributed by atoms with E-state index >= 15 is 0 Å². The second kappa shape index (κ2) is 41.5. The third kappa shape index (κ3) is 44.1. The number of nitrogens with one attached hydrogen (secondary N) is 1. The fraction of sp³-hybridized carbons (Fsp3) is 0.780. The van der Waals surface area contributed by atoms with Gasteiger partial charge in [0.05, 0.1) is 39.9 Å². The predicted molar refractivity (Wildman–Crippen MR) is 254 cm³/mol. The molecule has 59 heavy (non-hydrogen) atoms. The SMILES string of the molecule is CC/C=C\C/C=C\C/C=C\CCCCCCCC(=O)NC(COP(=O)(O)OCC[N+](C)(C)C)C(O)/C=C/CC/C=C/CCCCCCCCCCCCCCCCCC. The van der Waals surface area contributed by atoms with Crippen molar-refractivity contribution in [3.63, 3.8) is 0 Å². The summed E-state index contributed by atoms with van der Waals surface area (Å²) < 4.78 is 23.6. The van der Waals surface area contributed by atoms with Gasteiger partial charge >= 0.3 is 7.82 Å². The predicted octanol–water partition coefficient (Wildman–Crippen LogP) is 13.8. The van der Waals surface area contributed by atoms with Gasteiger partial charge in [-0.05, 0) is 64.2 Å². The molecule has 0 aliphatic carbocycles. The van der Waals surface area contributed by atoms with Crippen molar-refractivity contribution in [3.8, 4) is 0 Å². The van der Waals surface area contributed by atoms with Gasteiger partial charge in [0.25, 0.3) is 0 Å². The number of aliphatic hydroxyl groups excluding tert-OH is 1. The van der Waals surface area contributed by atoms with Gasteiger partial charge in [-0.3, -0.25) is 13.8 Å². The minimum Gasteiger partial charge on any atom is -0.387 e. The molecule has 0 aromatic carbocycles. The Balaban J connectivity index is 4.41. The molecule has 0 aromatic heterocycles. The molecule has 0 heterocycles. The molecule has 8 nitrogen and oxygen atoms in total. The van der Waals surface area contributed by atoms with Crippen LogP contribution in [0.15, 0.2) is 60.8 Å². The standard InChI is InChI=1S/C50H93N2O6P/c1-6-8-10-12-14-16-18-20-22-23-24-25-26-27-28-30-31-33-35-37-39-41-43-49(53)48(47-58-59(55,56)57-46-45-52(3,4)5)51-50(54)44-42-40-38-36-34-32-29-21-19-17-15-13-11-9-7-2/h9,11,15,17,21,29,33,35,41,43,48-49,53H,6-8,10,12-14,16,18-20,22-28,30-32,34,36-40,42,44-47H2,1-5H3,(H-,51,54,55,56)/p+1/b11-9-,17-15-,29-21-,35-33+,43-41+. The summed E-state index contributed by atoms with van der Waals surface area (Å²) in [5.41, 5.74) is 0. The van der Waals surface area contributed by atoms with Crippen molar-refractivity contribution < 1.29 is 32.9 Å². The number of phosphoric ester groups is 1. The molecule has 9 heteroatoms. The Bertz CT molecular complexity index is 1140. The number of hydrogen-bond donors (Lipinski definition) is 3. The third-order valence-electron chi connectivity index (χ3n) is 10.5. The maximum atomic E-state index is 12.9. The number of quaternary nitrogens is 1. The summed E-state index contributed by atoms with van der Waals surface area (Å²) in [6.45, 7) is 4.66. The Hall–Kier alpha value is -1.80. The lowest BCUT2D eigenvalue weighted by Gasteiger charge is -2.25. The van der Waals surface area contributed by atoms with Gasteiger partial charge in [-0.25, -0.2) is 4.57 Å². The number of likely N-dealkylation sites (N-methyl/N-ethyl adjacent to an activating group) is 1. The van der Waals surface area contributed by atoms with Crippen LogP contribution in [0.3, 0.4) is 0 Å². The molecule has 344 valence electrons. The second-order valence-electron chi connectivity index (χ2n) is 17.4. The van der Waals surface area contributed by atoms with Crippen LogP contribution in [0.5, 0.6) is 0 Å². The summed E-state index contributed by atoms with van der Waals surface area (Å²) in [5, 5.41) is 13.8. The number of carbonyl (C=O) groups is 1. The Labute approximate surface area is 364 Å². The highest BCUT2D eigenvalue weighted by molar-refractivity contribution is 7.47. The molecule has 3 N–H and O–H groups in total. The molecule has 1 amide bonds. The van der Waals surface area contributed by atoms with E-state index in [4.69, 9.17) is 9.05 Å². The zero-order valence-corrected chi connectivity index (χ0v) is 39.9. The van der Waals surface area contributed by atoms with E-state index in [0.717, 1.165) is 77.0 Å². The lowest BCUT2D eigenvalue weighted by molar-refractivity contribution is -0.870. The fourth-order valence-electron chi connectivity index (χ4n) is 6.66. The van der Waals surface area contributed by atoms with E-state index in [0.29, 0.717) is 17.4 Å². The smallest absolute Gasteiger partial charge is 0.387 e. The lowest BCUT2D eigenvalue weighted by Crippen LogP contribution is -2.45. The second-order valence-corrected chi connectivity index (χ2v) is 18.9. The molecule has 0 aromatic rings. The summed E-state index contributed by atoms with van der Waals surface area (Å²) in [5.74, 6) is -0.206. The first-order chi connectivity index (χ1) is 28.5. The molecular weight excluding hydrogens is 756 g/mol. The molecule has 0 saturated heterocycles. The third-order valence-corrected chi connectivity index (χ3v) is 11.5. The summed E-state index contributed by atoms with van der Waals surface area (Å²) in [6.07, 6.45) is 54.5. The summed E-state index contributed by atoms with van der Waals surface area (Å²) in [4.78, 5) is 23.1. The molecule has 3 unspecified atom stereocenters. The molecule has 0 saturated carbocycles. The average Bonchev–Trinajstić information content (AvgIpc) is 3.19. The highest BCUT2D eigenvalue weighted by atomic mass is 31.2. The van der Waals surface area contributed by atoms with E-state index < -0.39 is 20.0 Å². The number of nitrogens with zero attached hydrogens (tertiary/aromatic N) is 1. The quantitative estimate of drug-likeness (QED) is 0.0244. The van der Waals surface area contributed by atoms with Gasteiger partial charge in [-0.1, -0.05) is 190 Å². The van der Waals surface area contributed by atoms with Crippen LogP contribution in [0.1, 0.15) is 200 Å². The van der Waals surface area contributed by atoms with Gasteiger partial charge in [0, 0.05) is 6.42 Å². The van der Waals surface area contributed by atoms with Crippen LogP contribution in [0.25, 0.3) is 0 Å². The van der Waals surface area contributed by atoms with Crippen LogP contribution in [-0.4, -0.2) is 73.4 Å². The highest BCUT2D eigenvalue weighted by Gasteiger charge is 2.27. The number of phosphoric acid groups is 1. The molecule has 0 aliphatic heterocycles. The monoisotopic (exact) mass is 850 g/mol. The Kier molecular flexibility index (Phi) is 40.3. The van der Waals surface area contributed by atoms with Crippen LogP contribution >= 0.6 is 7.82 Å². The zero-order valence-electron chi connectivity index (χ0n) is 39.0. The van der Waals surface area contributed by atoms with Crippen molar-refractivity contribution in [1.82, 2.24) is 5.32 Å². The highest BCUT2D eigenvalue weighted by Crippen LogP contribution is 2.43. The maximum Gasteiger partial charge on any atom is 0.472 e. The van der Waals surface area contributed by atoms with Crippen LogP contribution < -0.4 is 5.32 Å². The van der Waals surface area contributed by atoms with Gasteiger partial charge < -0.3 is 19.8 Å². The van der Waals surface area contributed by atoms with Gasteiger partial charge in [-0.2, -0.15) is 0 Å². The Morgan fingerprint density at radius 1 is 0.593 bits per heavy atom. The van der Waals surface area contributed by atoms with Crippen LogP contribution in [0.2, 0.25) is 0 Å². The molecule has 0 spiro atoms. The molecule has 0 fully saturated rings. The first-order valence-electron chi connectivity index (χ1n) is 24.2. The van der Waals surface area contributed by atoms with Crippen molar-refractivity contribution in [3.05, 3.63) is 60.8 Å². The lowest BCUT2D eigenvalue weighted by atomic mass is 10.0. The summed E-state index contributed by atoms with van der Waals surface area (Å²) in [6, 6.07) is -0.874. The van der Waals surface area contributed by atoms with Crippen molar-refractivity contribution in [2.45, 2.75) is 212 Å². The topological polar surface area (TPSA) is 105 Å². The molecule has 0 aliphatic rings. The van der Waals surface area contributed by atoms with Crippen LogP contribution in [-0.2, 0) is 18.4 Å². The van der Waals surface area contributed by atoms with Crippen molar-refractivity contribution >= 4 is 13.7 Å². The molecule has 0 radical (unpaired) electrons. The average molecular weight is 850 g/mol. The van der Waals surface area contributed by atoms with Gasteiger partial charge in [0.1, 0.15) is 13.2 Å². The summed E-state index contributed by atoms with van der Waals surface area (Å²) >= 11 is 0. The van der Waals surface area contributed by atoms with Crippen molar-refractivity contribution in [2.75, 3.05) is 40.9 Å². The molecular formula is C50H94N2O6P+. The van der Waals surface area contributed by atoms with E-state index in [1.807, 2.05) is 27.2 Å². The Morgan fingerprint density at radius 2 is 1.03 bits per heavy atom. The number of hydrogen-bond acceptors (Lipinski definition) is 5. The molecule has 3 atom stereocenters. The van der Waals surface area contributed by atoms with E-state index in [1.54, 1.807) is 6.08 Å². The van der Waals surface area contributed by atoms with E-state index in [-0.39, 0.29) is 19.1 Å². The fourth-order valence-corrected chi connectivity index (χ4v) is 7.40. The number of rotatable bonds is 43. The van der Waals surface area contributed by atoms with Crippen LogP contribution in [0.4, 0.5) is 0 Å². The van der Waals surface area contributed by atoms with Gasteiger partial charge in [0.15, 0.2) is 0 Å². The minimum absolute atomic E-state index is 0.0502. The van der Waals surface area contributed by atoms with Crippen molar-refractivity contribution in [2.24, 2.45) is 0 Å². The van der Waals surface area contributed by atoms with E-state index in [2.05, 4.69) is 67.8 Å². The largest absolute Gasteiger partial charge is 0.472 e. The van der Waals surface area contributed by atoms with E-state index in [1.165, 1.54) is 103 Å². The number of aliphatic hydroxyl groups is 1. The van der Waals surface area contributed by atoms with E-state index in [9.17, 15) is 19.4 Å². The minimum atomic E-state index is -4.36. The first-order valence-corrected chi connectivity index (χ1v) is 25.7. The Morgan fingerprint density at radius 3 is 1.56 bits per heavy atom. The molecule has 0 rings (SSSR count). The first kappa shape index (κ1) is 57.2. The van der Waals surface area contributed by atoms with Gasteiger partial charge in [0.2, 0.25) is 5.91 Å². The number of amides is 1. The summed E-state index contributed by atoms with van der Waals surface area (Å²) in [7, 11) is 1.54. The number of carbonyl (C=O) groups excluding carboxylic acids is 1. The maximum absolute atomic E-state index is 12.9. The van der Waals surface area contributed by atoms with Gasteiger partial charge in [-0.15, -0.1) is 0 Å². The number of unbranched alkanes of at least 4 members (excludes halogenated alkanes) is 22. The zero-order chi connectivity index (χ0) is 43.6.